The van der Waals surface area contributed by atoms with E-state index < -0.39 is 0 Å². The molecule has 3 heterocycles. The first-order chi connectivity index (χ1) is 14.1. The number of nitrogens with one attached hydrogen (secondary N) is 1. The molecule has 0 aliphatic carbocycles. The van der Waals surface area contributed by atoms with Crippen molar-refractivity contribution in [3.8, 4) is 0 Å². The van der Waals surface area contributed by atoms with Gasteiger partial charge in [-0.15, -0.1) is 0 Å². The summed E-state index contributed by atoms with van der Waals surface area (Å²) in [5, 5.41) is 4.67. The van der Waals surface area contributed by atoms with Gasteiger partial charge in [0.2, 0.25) is 5.89 Å². The largest absolute Gasteiger partial charge is 0.443 e. The average Bonchev–Trinajstić information content (AvgIpc) is 3.43. The third-order valence-electron chi connectivity index (χ3n) is 5.01. The topological polar surface area (TPSA) is 71.3 Å². The highest BCUT2D eigenvalue weighted by Crippen LogP contribution is 2.35. The van der Waals surface area contributed by atoms with E-state index in [1.807, 2.05) is 43.0 Å². The van der Waals surface area contributed by atoms with E-state index in [2.05, 4.69) is 15.3 Å². The third-order valence-corrected chi connectivity index (χ3v) is 6.48. The molecule has 29 heavy (non-hydrogen) atoms. The van der Waals surface area contributed by atoms with Gasteiger partial charge < -0.3 is 14.6 Å². The summed E-state index contributed by atoms with van der Waals surface area (Å²) in [6, 6.07) is 7.55. The fraction of sp³-hybridized carbons (Fsp3) is 0.381. The number of rotatable bonds is 6. The van der Waals surface area contributed by atoms with Crippen molar-refractivity contribution in [3.05, 3.63) is 63.3 Å². The summed E-state index contributed by atoms with van der Waals surface area (Å²) in [7, 11) is 0. The van der Waals surface area contributed by atoms with Crippen molar-refractivity contribution >= 4 is 34.0 Å². The summed E-state index contributed by atoms with van der Waals surface area (Å²) in [6.45, 7) is 5.36. The molecule has 0 unspecified atom stereocenters. The minimum Gasteiger partial charge on any atom is -0.443 e. The van der Waals surface area contributed by atoms with Crippen LogP contribution >= 0.6 is 22.9 Å². The number of amides is 1. The van der Waals surface area contributed by atoms with Crippen molar-refractivity contribution in [3.63, 3.8) is 0 Å². The zero-order valence-electron chi connectivity index (χ0n) is 16.4. The van der Waals surface area contributed by atoms with E-state index >= 15 is 0 Å². The molecule has 2 aromatic heterocycles. The van der Waals surface area contributed by atoms with E-state index in [1.165, 1.54) is 11.3 Å². The molecule has 8 heteroatoms. The lowest BCUT2D eigenvalue weighted by Gasteiger charge is -2.21. The molecule has 0 bridgehead atoms. The number of likely N-dealkylation sites (tertiary alicyclic amines) is 1. The van der Waals surface area contributed by atoms with Crippen LogP contribution in [0.25, 0.3) is 0 Å². The van der Waals surface area contributed by atoms with Gasteiger partial charge in [0.1, 0.15) is 16.7 Å². The van der Waals surface area contributed by atoms with Crippen LogP contribution in [0.2, 0.25) is 5.02 Å². The highest BCUT2D eigenvalue weighted by molar-refractivity contribution is 7.17. The Morgan fingerprint density at radius 1 is 1.41 bits per heavy atom. The lowest BCUT2D eigenvalue weighted by atomic mass is 10.1. The van der Waals surface area contributed by atoms with Gasteiger partial charge in [-0.1, -0.05) is 41.1 Å². The number of carbonyl (C=O) groups excluding carboxylic acids is 1. The van der Waals surface area contributed by atoms with Crippen LogP contribution in [0.4, 0.5) is 5.13 Å². The number of halogens is 1. The first-order valence-electron chi connectivity index (χ1n) is 9.77. The predicted molar refractivity (Wildman–Crippen MR) is 115 cm³/mol. The molecule has 4 rings (SSSR count). The van der Waals surface area contributed by atoms with E-state index in [1.54, 1.807) is 6.20 Å². The van der Waals surface area contributed by atoms with Crippen molar-refractivity contribution in [2.75, 3.05) is 18.4 Å². The second-order valence-electron chi connectivity index (χ2n) is 7.05. The Morgan fingerprint density at radius 2 is 2.24 bits per heavy atom. The van der Waals surface area contributed by atoms with Crippen LogP contribution in [0.15, 0.2) is 34.9 Å². The van der Waals surface area contributed by atoms with Crippen LogP contribution in [0.5, 0.6) is 0 Å². The maximum atomic E-state index is 13.2. The van der Waals surface area contributed by atoms with Crippen LogP contribution in [0, 0.1) is 6.92 Å². The van der Waals surface area contributed by atoms with Crippen molar-refractivity contribution in [2.24, 2.45) is 0 Å². The van der Waals surface area contributed by atoms with Crippen molar-refractivity contribution in [1.29, 1.82) is 0 Å². The van der Waals surface area contributed by atoms with Gasteiger partial charge in [-0.2, -0.15) is 0 Å². The van der Waals surface area contributed by atoms with Gasteiger partial charge in [0.05, 0.1) is 11.9 Å². The zero-order valence-corrected chi connectivity index (χ0v) is 18.0. The van der Waals surface area contributed by atoms with Crippen molar-refractivity contribution in [2.45, 2.75) is 39.2 Å². The number of anilines is 1. The number of oxazole rings is 1. The molecule has 0 saturated carbocycles. The molecule has 6 nitrogen and oxygen atoms in total. The fourth-order valence-electron chi connectivity index (χ4n) is 3.61. The molecule has 1 amide bonds. The van der Waals surface area contributed by atoms with Gasteiger partial charge in [-0.05, 0) is 38.3 Å². The Bertz CT molecular complexity index is 1020. The van der Waals surface area contributed by atoms with Gasteiger partial charge in [0, 0.05) is 24.5 Å². The Hall–Kier alpha value is -2.38. The van der Waals surface area contributed by atoms with Gasteiger partial charge in [-0.3, -0.25) is 4.79 Å². The molecule has 1 atom stereocenters. The molecule has 0 radical (unpaired) electrons. The highest BCUT2D eigenvalue weighted by Gasteiger charge is 2.35. The monoisotopic (exact) mass is 430 g/mol. The molecule has 1 aliphatic heterocycles. The summed E-state index contributed by atoms with van der Waals surface area (Å²) in [6.07, 6.45) is 4.08. The quantitative estimate of drug-likeness (QED) is 0.589. The molecule has 1 fully saturated rings. The van der Waals surface area contributed by atoms with E-state index in [0.717, 1.165) is 41.5 Å². The molecule has 1 saturated heterocycles. The number of thiazole rings is 1. The number of carbonyl (C=O) groups is 1. The summed E-state index contributed by atoms with van der Waals surface area (Å²) < 4.78 is 6.03. The number of hydrogen-bond acceptors (Lipinski definition) is 6. The molecule has 1 aliphatic rings. The molecule has 1 N–H and O–H groups in total. The van der Waals surface area contributed by atoms with Gasteiger partial charge in [-0.25, -0.2) is 9.97 Å². The number of nitrogens with zero attached hydrogens (tertiary/aromatic N) is 3. The number of hydrogen-bond donors (Lipinski definition) is 1. The Balaban J connectivity index is 1.52. The van der Waals surface area contributed by atoms with E-state index in [9.17, 15) is 4.79 Å². The van der Waals surface area contributed by atoms with Crippen LogP contribution in [0.1, 0.15) is 58.4 Å². The first-order valence-corrected chi connectivity index (χ1v) is 11.0. The molecule has 152 valence electrons. The molecule has 0 spiro atoms. The van der Waals surface area contributed by atoms with E-state index in [0.29, 0.717) is 28.8 Å². The smallest absolute Gasteiger partial charge is 0.266 e. The fourth-order valence-corrected chi connectivity index (χ4v) is 4.80. The summed E-state index contributed by atoms with van der Waals surface area (Å²) >= 11 is 7.66. The van der Waals surface area contributed by atoms with Gasteiger partial charge >= 0.3 is 0 Å². The molecule has 3 aromatic rings. The Kier molecular flexibility index (Phi) is 5.87. The maximum Gasteiger partial charge on any atom is 0.266 e. The first kappa shape index (κ1) is 19.9. The van der Waals surface area contributed by atoms with Crippen LogP contribution < -0.4 is 5.32 Å². The Labute approximate surface area is 178 Å². The number of aryl methyl sites for hydroxylation is 1. The normalized spacial score (nSPS) is 16.4. The maximum absolute atomic E-state index is 13.2. The van der Waals surface area contributed by atoms with E-state index in [4.69, 9.17) is 16.0 Å². The summed E-state index contributed by atoms with van der Waals surface area (Å²) in [5.74, 6) is 1.33. The summed E-state index contributed by atoms with van der Waals surface area (Å²) in [5.41, 5.74) is 1.75. The summed E-state index contributed by atoms with van der Waals surface area (Å²) in [4.78, 5) is 24.7. The SMILES string of the molecule is CCNc1nc(C)c(C(=O)N2CCC[C@H]2c2ncc(Cc3ccccc3Cl)o2)s1. The second kappa shape index (κ2) is 8.55. The number of aromatic nitrogens is 2. The Morgan fingerprint density at radius 3 is 3.03 bits per heavy atom. The van der Waals surface area contributed by atoms with Crippen LogP contribution in [-0.2, 0) is 6.42 Å². The van der Waals surface area contributed by atoms with Gasteiger partial charge in [0.25, 0.3) is 5.91 Å². The molecular weight excluding hydrogens is 408 g/mol. The molecule has 1 aromatic carbocycles. The van der Waals surface area contributed by atoms with Crippen LogP contribution in [0.3, 0.4) is 0 Å². The van der Waals surface area contributed by atoms with Crippen molar-refractivity contribution < 1.29 is 9.21 Å². The second-order valence-corrected chi connectivity index (χ2v) is 8.46. The standard InChI is InChI=1S/C21H23ClN4O2S/c1-3-23-21-25-13(2)18(29-21)20(27)26-10-6-9-17(26)19-24-12-15(28-19)11-14-7-4-5-8-16(14)22/h4-5,7-8,12,17H,3,6,9-11H2,1-2H3,(H,23,25)/t17-/m0/s1. The zero-order chi connectivity index (χ0) is 20.4. The minimum absolute atomic E-state index is 0.00231. The third kappa shape index (κ3) is 4.16. The van der Waals surface area contributed by atoms with Crippen LogP contribution in [-0.4, -0.2) is 33.9 Å². The number of benzene rings is 1. The lowest BCUT2D eigenvalue weighted by Crippen LogP contribution is -2.30. The van der Waals surface area contributed by atoms with Crippen molar-refractivity contribution in [1.82, 2.24) is 14.9 Å². The van der Waals surface area contributed by atoms with Gasteiger partial charge in [0.15, 0.2) is 5.13 Å². The highest BCUT2D eigenvalue weighted by atomic mass is 35.5. The van der Waals surface area contributed by atoms with E-state index in [-0.39, 0.29) is 11.9 Å². The predicted octanol–water partition coefficient (Wildman–Crippen LogP) is 5.09. The lowest BCUT2D eigenvalue weighted by molar-refractivity contribution is 0.0718. The molecular formula is C21H23ClN4O2S. The minimum atomic E-state index is -0.147. The average molecular weight is 431 g/mol.